The van der Waals surface area contributed by atoms with Gasteiger partial charge in [0.05, 0.1) is 0 Å². The quantitative estimate of drug-likeness (QED) is 0.0261. The third-order valence-corrected chi connectivity index (χ3v) is 12.8. The minimum absolute atomic E-state index is 0.127. The van der Waals surface area contributed by atoms with E-state index in [1.165, 1.54) is 148 Å². The normalized spacial score (nSPS) is 12.9. The topological polar surface area (TPSA) is 78.9 Å². The van der Waals surface area contributed by atoms with E-state index in [0.717, 1.165) is 77.0 Å². The van der Waals surface area contributed by atoms with Gasteiger partial charge in [0.15, 0.2) is 6.10 Å². The van der Waals surface area contributed by atoms with Gasteiger partial charge in [-0.05, 0) is 89.9 Å². The Labute approximate surface area is 450 Å². The first-order valence-electron chi connectivity index (χ1n) is 30.4. The van der Waals surface area contributed by atoms with Gasteiger partial charge in [0.1, 0.15) is 13.2 Å². The number of rotatable bonds is 54. The molecule has 0 saturated carbocycles. The van der Waals surface area contributed by atoms with Crippen LogP contribution >= 0.6 is 0 Å². The summed E-state index contributed by atoms with van der Waals surface area (Å²) in [6, 6.07) is 0. The van der Waals surface area contributed by atoms with E-state index in [2.05, 4.69) is 124 Å². The van der Waals surface area contributed by atoms with Crippen molar-refractivity contribution in [1.82, 2.24) is 0 Å². The molecule has 0 aromatic rings. The smallest absolute Gasteiger partial charge is 0.306 e. The van der Waals surface area contributed by atoms with E-state index in [4.69, 9.17) is 14.2 Å². The average Bonchev–Trinajstić information content (AvgIpc) is 3.39. The van der Waals surface area contributed by atoms with E-state index in [9.17, 15) is 14.4 Å². The summed E-state index contributed by atoms with van der Waals surface area (Å²) in [4.78, 5) is 38.2. The van der Waals surface area contributed by atoms with Crippen molar-refractivity contribution in [3.63, 3.8) is 0 Å². The van der Waals surface area contributed by atoms with Crippen LogP contribution in [0, 0.1) is 0 Å². The molecule has 0 spiro atoms. The molecule has 1 atom stereocenters. The lowest BCUT2D eigenvalue weighted by Crippen LogP contribution is -2.30. The Bertz CT molecular complexity index is 1490. The molecule has 0 aliphatic heterocycles. The summed E-state index contributed by atoms with van der Waals surface area (Å²) in [5.74, 6) is -1.05. The van der Waals surface area contributed by atoms with Crippen LogP contribution in [0.15, 0.2) is 109 Å². The number of carbonyl (C=O) groups is 3. The van der Waals surface area contributed by atoms with Gasteiger partial charge in [0.25, 0.3) is 0 Å². The molecule has 6 nitrogen and oxygen atoms in total. The van der Waals surface area contributed by atoms with Crippen LogP contribution in [0.1, 0.15) is 278 Å². The van der Waals surface area contributed by atoms with E-state index >= 15 is 0 Å². The predicted octanol–water partition coefficient (Wildman–Crippen LogP) is 20.7. The fraction of sp³-hybridized carbons (Fsp3) is 0.687. The van der Waals surface area contributed by atoms with Gasteiger partial charge >= 0.3 is 17.9 Å². The first-order chi connectivity index (χ1) is 36.0. The molecule has 0 saturated heterocycles. The average molecular weight is 1010 g/mol. The summed E-state index contributed by atoms with van der Waals surface area (Å²) in [7, 11) is 0. The molecule has 0 aromatic heterocycles. The van der Waals surface area contributed by atoms with Gasteiger partial charge in [-0.15, -0.1) is 0 Å². The second kappa shape index (κ2) is 60.6. The molecule has 6 heteroatoms. The standard InChI is InChI=1S/C67H112O6/c1-4-7-10-13-16-19-22-25-28-31-33-36-39-42-45-48-51-54-57-60-66(69)72-63-64(62-71-65(68)59-56-53-50-47-44-41-38-35-30-27-24-21-18-15-12-9-6-3)73-67(70)61-58-55-52-49-46-43-40-37-34-32-29-26-23-20-17-14-11-8-5-2/h7,10,16,19,25,27-28,30,33,36,38,41-42,45,47,50-51,54,64H,4-6,8-9,11-15,17-18,20-24,26,29,31-32,34-35,37,39-40,43-44,46,48-49,52-53,55-63H2,1-3H3/b10-7-,19-16-,28-25-,30-27-,36-33-,41-38-,45-42-,50-47-,54-51-. The van der Waals surface area contributed by atoms with Gasteiger partial charge in [-0.3, -0.25) is 14.4 Å². The fourth-order valence-corrected chi connectivity index (χ4v) is 8.25. The summed E-state index contributed by atoms with van der Waals surface area (Å²) in [5.41, 5.74) is 0. The maximum atomic E-state index is 12.9. The van der Waals surface area contributed by atoms with E-state index in [1.54, 1.807) is 0 Å². The Morgan fingerprint density at radius 1 is 0.288 bits per heavy atom. The molecule has 0 aromatic carbocycles. The maximum Gasteiger partial charge on any atom is 0.306 e. The molecule has 73 heavy (non-hydrogen) atoms. The van der Waals surface area contributed by atoms with Crippen molar-refractivity contribution in [3.8, 4) is 0 Å². The molecule has 0 fully saturated rings. The molecular formula is C67H112O6. The first-order valence-corrected chi connectivity index (χ1v) is 30.4. The maximum absolute atomic E-state index is 12.9. The second-order valence-corrected chi connectivity index (χ2v) is 19.9. The van der Waals surface area contributed by atoms with Crippen molar-refractivity contribution in [2.45, 2.75) is 284 Å². The highest BCUT2D eigenvalue weighted by atomic mass is 16.6. The highest BCUT2D eigenvalue weighted by molar-refractivity contribution is 5.71. The molecule has 0 aliphatic rings. The highest BCUT2D eigenvalue weighted by Gasteiger charge is 2.19. The van der Waals surface area contributed by atoms with E-state index in [0.29, 0.717) is 19.3 Å². The van der Waals surface area contributed by atoms with Gasteiger partial charge in [-0.2, -0.15) is 0 Å². The number of allylic oxidation sites excluding steroid dienone is 18. The van der Waals surface area contributed by atoms with Crippen LogP contribution in [0.3, 0.4) is 0 Å². The monoisotopic (exact) mass is 1010 g/mol. The molecule has 0 N–H and O–H groups in total. The lowest BCUT2D eigenvalue weighted by Gasteiger charge is -2.18. The molecule has 0 heterocycles. The van der Waals surface area contributed by atoms with Crippen molar-refractivity contribution in [2.24, 2.45) is 0 Å². The van der Waals surface area contributed by atoms with Crippen LogP contribution in [0.4, 0.5) is 0 Å². The first kappa shape index (κ1) is 69.1. The third-order valence-electron chi connectivity index (χ3n) is 12.8. The van der Waals surface area contributed by atoms with Gasteiger partial charge in [-0.1, -0.05) is 278 Å². The minimum atomic E-state index is -0.830. The molecule has 0 radical (unpaired) electrons. The zero-order chi connectivity index (χ0) is 52.9. The molecule has 0 aliphatic carbocycles. The van der Waals surface area contributed by atoms with Crippen molar-refractivity contribution in [3.05, 3.63) is 109 Å². The molecule has 416 valence electrons. The number of hydrogen-bond donors (Lipinski definition) is 0. The molecule has 0 bridgehead atoms. The zero-order valence-corrected chi connectivity index (χ0v) is 47.6. The minimum Gasteiger partial charge on any atom is -0.462 e. The van der Waals surface area contributed by atoms with Gasteiger partial charge in [0.2, 0.25) is 0 Å². The Morgan fingerprint density at radius 3 is 0.959 bits per heavy atom. The lowest BCUT2D eigenvalue weighted by molar-refractivity contribution is -0.166. The van der Waals surface area contributed by atoms with Crippen LogP contribution in [-0.4, -0.2) is 37.2 Å². The van der Waals surface area contributed by atoms with Crippen molar-refractivity contribution < 1.29 is 28.6 Å². The van der Waals surface area contributed by atoms with E-state index in [1.807, 2.05) is 6.08 Å². The second-order valence-electron chi connectivity index (χ2n) is 19.9. The van der Waals surface area contributed by atoms with Gasteiger partial charge in [0, 0.05) is 19.3 Å². The Kier molecular flexibility index (Phi) is 57.4. The number of esters is 3. The van der Waals surface area contributed by atoms with Crippen molar-refractivity contribution in [1.29, 1.82) is 0 Å². The van der Waals surface area contributed by atoms with E-state index in [-0.39, 0.29) is 44.0 Å². The summed E-state index contributed by atoms with van der Waals surface area (Å²) < 4.78 is 16.8. The summed E-state index contributed by atoms with van der Waals surface area (Å²) in [6.45, 7) is 6.43. The highest BCUT2D eigenvalue weighted by Crippen LogP contribution is 2.16. The largest absolute Gasteiger partial charge is 0.462 e. The zero-order valence-electron chi connectivity index (χ0n) is 47.6. The summed E-state index contributed by atoms with van der Waals surface area (Å²) in [6.07, 6.45) is 82.5. The summed E-state index contributed by atoms with van der Waals surface area (Å²) >= 11 is 0. The molecule has 1 unspecified atom stereocenters. The van der Waals surface area contributed by atoms with Gasteiger partial charge in [-0.25, -0.2) is 0 Å². The van der Waals surface area contributed by atoms with Crippen LogP contribution in [0.25, 0.3) is 0 Å². The summed E-state index contributed by atoms with van der Waals surface area (Å²) in [5, 5.41) is 0. The van der Waals surface area contributed by atoms with Crippen molar-refractivity contribution in [2.75, 3.05) is 13.2 Å². The molecule has 0 amide bonds. The van der Waals surface area contributed by atoms with Crippen LogP contribution in [0.5, 0.6) is 0 Å². The predicted molar refractivity (Wildman–Crippen MR) is 316 cm³/mol. The van der Waals surface area contributed by atoms with Crippen LogP contribution in [0.2, 0.25) is 0 Å². The van der Waals surface area contributed by atoms with E-state index < -0.39 is 6.10 Å². The number of unbranched alkanes of at least 4 members (excludes halogenated alkanes) is 25. The van der Waals surface area contributed by atoms with Crippen LogP contribution < -0.4 is 0 Å². The number of carbonyl (C=O) groups excluding carboxylic acids is 3. The Morgan fingerprint density at radius 2 is 0.575 bits per heavy atom. The van der Waals surface area contributed by atoms with Crippen LogP contribution in [-0.2, 0) is 28.6 Å². The Balaban J connectivity index is 4.55. The molecule has 0 rings (SSSR count). The number of ether oxygens (including phenoxy) is 3. The lowest BCUT2D eigenvalue weighted by atomic mass is 10.0. The SMILES string of the molecule is CC/C=C\C/C=C\C/C=C\C/C=C\C/C=C\C/C=C\CCC(=O)OCC(COC(=O)CCC/C=C\C/C=C\C/C=C\CCCCCCCC)OC(=O)CCCCCCCCCCCCCCCCCCCCC. The third kappa shape index (κ3) is 58.8. The van der Waals surface area contributed by atoms with Gasteiger partial charge < -0.3 is 14.2 Å². The number of hydrogen-bond acceptors (Lipinski definition) is 6. The molecular weight excluding hydrogens is 901 g/mol. The fourth-order valence-electron chi connectivity index (χ4n) is 8.25. The Hall–Kier alpha value is -3.93. The van der Waals surface area contributed by atoms with Crippen molar-refractivity contribution >= 4 is 17.9 Å².